The van der Waals surface area contributed by atoms with E-state index in [0.717, 1.165) is 51.6 Å². The standard InChI is InChI=1S/C17H32N2O3S/c1-22-16-9-7-15(8-10-16)18-11-13-19(14-12-18)23(20,21)17-5-3-2-4-6-17/h15-17H,2-14H2,1H3. The van der Waals surface area contributed by atoms with Crippen LogP contribution in [0, 0.1) is 0 Å². The minimum atomic E-state index is -3.07. The lowest BCUT2D eigenvalue weighted by Crippen LogP contribution is -2.54. The Labute approximate surface area is 141 Å². The zero-order chi connectivity index (χ0) is 16.3. The lowest BCUT2D eigenvalue weighted by atomic mass is 9.91. The SMILES string of the molecule is COC1CCC(N2CCN(S(=O)(=O)C3CCCCC3)CC2)CC1. The van der Waals surface area contributed by atoms with Gasteiger partial charge in [0.25, 0.3) is 0 Å². The number of sulfonamides is 1. The molecule has 1 heterocycles. The van der Waals surface area contributed by atoms with Crippen LogP contribution in [0.4, 0.5) is 0 Å². The fraction of sp³-hybridized carbons (Fsp3) is 1.00. The van der Waals surface area contributed by atoms with Crippen molar-refractivity contribution >= 4 is 10.0 Å². The molecule has 23 heavy (non-hydrogen) atoms. The molecule has 0 radical (unpaired) electrons. The maximum atomic E-state index is 12.8. The van der Waals surface area contributed by atoms with Crippen LogP contribution in [0.2, 0.25) is 0 Å². The van der Waals surface area contributed by atoms with E-state index >= 15 is 0 Å². The van der Waals surface area contributed by atoms with Crippen LogP contribution in [-0.4, -0.2) is 68.3 Å². The molecule has 1 aliphatic heterocycles. The highest BCUT2D eigenvalue weighted by atomic mass is 32.2. The molecule has 0 aromatic rings. The van der Waals surface area contributed by atoms with Crippen LogP contribution in [0.1, 0.15) is 57.8 Å². The van der Waals surface area contributed by atoms with Gasteiger partial charge in [-0.3, -0.25) is 4.90 Å². The van der Waals surface area contributed by atoms with Gasteiger partial charge in [0.05, 0.1) is 11.4 Å². The third kappa shape index (κ3) is 4.09. The first-order chi connectivity index (χ1) is 11.1. The van der Waals surface area contributed by atoms with Crippen LogP contribution in [0.15, 0.2) is 0 Å². The Hall–Kier alpha value is -0.170. The van der Waals surface area contributed by atoms with Crippen LogP contribution < -0.4 is 0 Å². The van der Waals surface area contributed by atoms with Gasteiger partial charge in [-0.05, 0) is 38.5 Å². The fourth-order valence-corrected chi connectivity index (χ4v) is 6.57. The molecule has 2 saturated carbocycles. The lowest BCUT2D eigenvalue weighted by molar-refractivity contribution is 0.0303. The van der Waals surface area contributed by atoms with Gasteiger partial charge in [-0.1, -0.05) is 19.3 Å². The molecule has 0 aromatic carbocycles. The number of rotatable bonds is 4. The molecular formula is C17H32N2O3S. The van der Waals surface area contributed by atoms with Crippen molar-refractivity contribution in [1.29, 1.82) is 0 Å². The molecule has 0 N–H and O–H groups in total. The van der Waals surface area contributed by atoms with Crippen molar-refractivity contribution < 1.29 is 13.2 Å². The largest absolute Gasteiger partial charge is 0.381 e. The molecule has 0 unspecified atom stereocenters. The van der Waals surface area contributed by atoms with E-state index < -0.39 is 10.0 Å². The second kappa shape index (κ2) is 7.81. The topological polar surface area (TPSA) is 49.9 Å². The first-order valence-corrected chi connectivity index (χ1v) is 10.9. The van der Waals surface area contributed by atoms with E-state index in [0.29, 0.717) is 25.2 Å². The van der Waals surface area contributed by atoms with Gasteiger partial charge < -0.3 is 4.74 Å². The van der Waals surface area contributed by atoms with Gasteiger partial charge in [-0.25, -0.2) is 8.42 Å². The molecule has 1 saturated heterocycles. The van der Waals surface area contributed by atoms with E-state index in [1.807, 2.05) is 0 Å². The molecule has 0 spiro atoms. The Morgan fingerprint density at radius 3 is 2.00 bits per heavy atom. The van der Waals surface area contributed by atoms with E-state index in [1.54, 1.807) is 11.4 Å². The molecule has 3 fully saturated rings. The van der Waals surface area contributed by atoms with Crippen molar-refractivity contribution in [2.75, 3.05) is 33.3 Å². The number of hydrogen-bond acceptors (Lipinski definition) is 4. The molecule has 3 aliphatic rings. The molecule has 134 valence electrons. The number of piperazine rings is 1. The lowest BCUT2D eigenvalue weighted by Gasteiger charge is -2.42. The number of hydrogen-bond donors (Lipinski definition) is 0. The summed E-state index contributed by atoms with van der Waals surface area (Å²) in [4.78, 5) is 2.51. The van der Waals surface area contributed by atoms with Crippen LogP contribution in [0.5, 0.6) is 0 Å². The number of methoxy groups -OCH3 is 1. The van der Waals surface area contributed by atoms with Gasteiger partial charge in [0.1, 0.15) is 0 Å². The second-order valence-electron chi connectivity index (χ2n) is 7.41. The van der Waals surface area contributed by atoms with Crippen molar-refractivity contribution in [3.8, 4) is 0 Å². The highest BCUT2D eigenvalue weighted by Crippen LogP contribution is 2.29. The van der Waals surface area contributed by atoms with Crippen molar-refractivity contribution in [1.82, 2.24) is 9.21 Å². The summed E-state index contributed by atoms with van der Waals surface area (Å²) in [5.41, 5.74) is 0. The van der Waals surface area contributed by atoms with E-state index in [4.69, 9.17) is 4.74 Å². The maximum absolute atomic E-state index is 12.8. The van der Waals surface area contributed by atoms with Crippen LogP contribution in [-0.2, 0) is 14.8 Å². The fourth-order valence-electron chi connectivity index (χ4n) is 4.54. The Morgan fingerprint density at radius 2 is 1.43 bits per heavy atom. The van der Waals surface area contributed by atoms with Crippen molar-refractivity contribution in [3.05, 3.63) is 0 Å². The van der Waals surface area contributed by atoms with Crippen LogP contribution in [0.3, 0.4) is 0 Å². The summed E-state index contributed by atoms with van der Waals surface area (Å²) in [6.45, 7) is 3.16. The summed E-state index contributed by atoms with van der Waals surface area (Å²) in [7, 11) is -1.26. The first-order valence-electron chi connectivity index (χ1n) is 9.37. The van der Waals surface area contributed by atoms with Gasteiger partial charge in [-0.2, -0.15) is 4.31 Å². The highest BCUT2D eigenvalue weighted by Gasteiger charge is 2.36. The predicted octanol–water partition coefficient (Wildman–Crippen LogP) is 2.22. The Balaban J connectivity index is 1.50. The molecule has 5 nitrogen and oxygen atoms in total. The number of nitrogens with zero attached hydrogens (tertiary/aromatic N) is 2. The van der Waals surface area contributed by atoms with Crippen LogP contribution in [0.25, 0.3) is 0 Å². The zero-order valence-electron chi connectivity index (χ0n) is 14.5. The van der Waals surface area contributed by atoms with Gasteiger partial charge in [0.15, 0.2) is 0 Å². The van der Waals surface area contributed by atoms with Crippen molar-refractivity contribution in [2.45, 2.75) is 75.2 Å². The number of ether oxygens (including phenoxy) is 1. The summed E-state index contributed by atoms with van der Waals surface area (Å²) in [5.74, 6) is 0. The second-order valence-corrected chi connectivity index (χ2v) is 9.62. The average molecular weight is 345 g/mol. The van der Waals surface area contributed by atoms with E-state index in [9.17, 15) is 8.42 Å². The molecule has 0 atom stereocenters. The average Bonchev–Trinajstić information content (AvgIpc) is 2.63. The summed E-state index contributed by atoms with van der Waals surface area (Å²) >= 11 is 0. The quantitative estimate of drug-likeness (QED) is 0.785. The minimum absolute atomic E-state index is 0.111. The van der Waals surface area contributed by atoms with Gasteiger partial charge in [0.2, 0.25) is 10.0 Å². The Morgan fingerprint density at radius 1 is 0.826 bits per heavy atom. The molecule has 3 rings (SSSR count). The van der Waals surface area contributed by atoms with E-state index in [1.165, 1.54) is 19.3 Å². The maximum Gasteiger partial charge on any atom is 0.217 e. The third-order valence-electron chi connectivity index (χ3n) is 6.10. The molecular weight excluding hydrogens is 312 g/mol. The minimum Gasteiger partial charge on any atom is -0.381 e. The molecule has 0 aromatic heterocycles. The zero-order valence-corrected chi connectivity index (χ0v) is 15.3. The molecule has 2 aliphatic carbocycles. The molecule has 0 amide bonds. The Bertz CT molecular complexity index is 460. The third-order valence-corrected chi connectivity index (χ3v) is 8.50. The first kappa shape index (κ1) is 17.6. The predicted molar refractivity (Wildman–Crippen MR) is 92.0 cm³/mol. The van der Waals surface area contributed by atoms with E-state index in [2.05, 4.69) is 4.90 Å². The van der Waals surface area contributed by atoms with Crippen molar-refractivity contribution in [2.24, 2.45) is 0 Å². The van der Waals surface area contributed by atoms with E-state index in [-0.39, 0.29) is 5.25 Å². The van der Waals surface area contributed by atoms with Gasteiger partial charge in [0, 0.05) is 39.3 Å². The summed E-state index contributed by atoms with van der Waals surface area (Å²) in [6, 6.07) is 0.626. The van der Waals surface area contributed by atoms with Crippen molar-refractivity contribution in [3.63, 3.8) is 0 Å². The molecule has 0 bridgehead atoms. The van der Waals surface area contributed by atoms with Crippen LogP contribution >= 0.6 is 0 Å². The summed E-state index contributed by atoms with van der Waals surface area (Å²) in [6.07, 6.45) is 10.2. The highest BCUT2D eigenvalue weighted by molar-refractivity contribution is 7.89. The van der Waals surface area contributed by atoms with Gasteiger partial charge in [-0.15, -0.1) is 0 Å². The normalized spacial score (nSPS) is 32.9. The monoisotopic (exact) mass is 344 g/mol. The smallest absolute Gasteiger partial charge is 0.217 e. The molecule has 6 heteroatoms. The van der Waals surface area contributed by atoms with Gasteiger partial charge >= 0.3 is 0 Å². The summed E-state index contributed by atoms with van der Waals surface area (Å²) in [5, 5.41) is -0.111. The Kier molecular flexibility index (Phi) is 5.99. The summed E-state index contributed by atoms with van der Waals surface area (Å²) < 4.78 is 32.8.